The number of carbonyl (C=O) groups excluding carboxylic acids is 1. The van der Waals surface area contributed by atoms with E-state index in [-0.39, 0.29) is 30.8 Å². The van der Waals surface area contributed by atoms with E-state index in [1.54, 1.807) is 12.2 Å². The van der Waals surface area contributed by atoms with Crippen molar-refractivity contribution in [3.05, 3.63) is 29.9 Å². The standard InChI is InChI=1S/C13H16N4O3/c14-8-2-1-7(3-8)12(18)17-5-10-9(15-6-16-10)4-11(17)13(19)20/h1-2,6-8,11H,3-5,14H2,(H,15,16)(H,19,20). The Morgan fingerprint density at radius 2 is 2.25 bits per heavy atom. The van der Waals surface area contributed by atoms with Crippen molar-refractivity contribution in [3.8, 4) is 0 Å². The van der Waals surface area contributed by atoms with Gasteiger partial charge in [0.1, 0.15) is 6.04 Å². The van der Waals surface area contributed by atoms with E-state index in [9.17, 15) is 14.7 Å². The number of fused-ring (bicyclic) bond motifs is 1. The van der Waals surface area contributed by atoms with Crippen molar-refractivity contribution in [2.24, 2.45) is 11.7 Å². The number of imidazole rings is 1. The van der Waals surface area contributed by atoms with Gasteiger partial charge in [0, 0.05) is 12.5 Å². The first-order valence-corrected chi connectivity index (χ1v) is 6.54. The van der Waals surface area contributed by atoms with Crippen molar-refractivity contribution in [3.63, 3.8) is 0 Å². The van der Waals surface area contributed by atoms with E-state index in [0.29, 0.717) is 6.42 Å². The van der Waals surface area contributed by atoms with E-state index in [4.69, 9.17) is 5.73 Å². The molecule has 3 atom stereocenters. The molecule has 1 aliphatic heterocycles. The quantitative estimate of drug-likeness (QED) is 0.639. The monoisotopic (exact) mass is 276 g/mol. The molecular formula is C13H16N4O3. The number of aliphatic carboxylic acids is 1. The zero-order valence-electron chi connectivity index (χ0n) is 10.8. The molecule has 1 aromatic rings. The fourth-order valence-corrected chi connectivity index (χ4v) is 2.81. The van der Waals surface area contributed by atoms with Crippen molar-refractivity contribution >= 4 is 11.9 Å². The maximum atomic E-state index is 12.5. The van der Waals surface area contributed by atoms with Gasteiger partial charge in [0.2, 0.25) is 5.91 Å². The molecular weight excluding hydrogens is 260 g/mol. The van der Waals surface area contributed by atoms with Gasteiger partial charge in [0.15, 0.2) is 0 Å². The Bertz CT molecular complexity index is 580. The van der Waals surface area contributed by atoms with Gasteiger partial charge in [-0.1, -0.05) is 12.2 Å². The summed E-state index contributed by atoms with van der Waals surface area (Å²) in [6, 6.07) is -0.983. The first kappa shape index (κ1) is 12.9. The molecule has 4 N–H and O–H groups in total. The van der Waals surface area contributed by atoms with E-state index in [2.05, 4.69) is 9.97 Å². The number of aromatic nitrogens is 2. The third-order valence-corrected chi connectivity index (χ3v) is 3.90. The number of amides is 1. The maximum Gasteiger partial charge on any atom is 0.326 e. The summed E-state index contributed by atoms with van der Waals surface area (Å²) in [4.78, 5) is 32.4. The van der Waals surface area contributed by atoms with Crippen molar-refractivity contribution in [1.82, 2.24) is 14.9 Å². The molecule has 0 saturated heterocycles. The van der Waals surface area contributed by atoms with Crippen LogP contribution in [0, 0.1) is 5.92 Å². The Kier molecular flexibility index (Phi) is 3.06. The van der Waals surface area contributed by atoms with Gasteiger partial charge < -0.3 is 20.7 Å². The summed E-state index contributed by atoms with van der Waals surface area (Å²) in [5, 5.41) is 9.34. The first-order valence-electron chi connectivity index (χ1n) is 6.54. The fourth-order valence-electron chi connectivity index (χ4n) is 2.81. The summed E-state index contributed by atoms with van der Waals surface area (Å²) >= 11 is 0. The van der Waals surface area contributed by atoms with E-state index in [1.165, 1.54) is 11.2 Å². The van der Waals surface area contributed by atoms with Crippen LogP contribution in [0.1, 0.15) is 17.8 Å². The van der Waals surface area contributed by atoms with E-state index in [1.807, 2.05) is 0 Å². The molecule has 3 unspecified atom stereocenters. The van der Waals surface area contributed by atoms with Gasteiger partial charge >= 0.3 is 5.97 Å². The second kappa shape index (κ2) is 4.75. The van der Waals surface area contributed by atoms with Crippen LogP contribution >= 0.6 is 0 Å². The lowest BCUT2D eigenvalue weighted by atomic mass is 9.98. The number of nitrogens with one attached hydrogen (secondary N) is 1. The predicted octanol–water partition coefficient (Wildman–Crippen LogP) is -0.349. The highest BCUT2D eigenvalue weighted by atomic mass is 16.4. The zero-order valence-corrected chi connectivity index (χ0v) is 10.8. The average Bonchev–Trinajstić information content (AvgIpc) is 3.04. The predicted molar refractivity (Wildman–Crippen MR) is 69.5 cm³/mol. The van der Waals surface area contributed by atoms with Crippen LogP contribution in [0.25, 0.3) is 0 Å². The molecule has 0 bridgehead atoms. The second-order valence-electron chi connectivity index (χ2n) is 5.24. The summed E-state index contributed by atoms with van der Waals surface area (Å²) in [5.41, 5.74) is 7.29. The topological polar surface area (TPSA) is 112 Å². The number of nitrogens with zero attached hydrogens (tertiary/aromatic N) is 2. The van der Waals surface area contributed by atoms with Crippen molar-refractivity contribution in [1.29, 1.82) is 0 Å². The number of aromatic amines is 1. The highest BCUT2D eigenvalue weighted by molar-refractivity contribution is 5.87. The van der Waals surface area contributed by atoms with Gasteiger partial charge in [0.25, 0.3) is 0 Å². The molecule has 0 radical (unpaired) electrons. The second-order valence-corrected chi connectivity index (χ2v) is 5.24. The maximum absolute atomic E-state index is 12.5. The van der Waals surface area contributed by atoms with Gasteiger partial charge in [-0.3, -0.25) is 4.79 Å². The van der Waals surface area contributed by atoms with Crippen LogP contribution in [0.3, 0.4) is 0 Å². The molecule has 1 aromatic heterocycles. The number of H-pyrrole nitrogens is 1. The minimum absolute atomic E-state index is 0.125. The Labute approximate surface area is 115 Å². The largest absolute Gasteiger partial charge is 0.480 e. The van der Waals surface area contributed by atoms with Gasteiger partial charge in [-0.25, -0.2) is 9.78 Å². The summed E-state index contributed by atoms with van der Waals surface area (Å²) in [7, 11) is 0. The lowest BCUT2D eigenvalue weighted by molar-refractivity contribution is -0.152. The van der Waals surface area contributed by atoms with Crippen molar-refractivity contribution < 1.29 is 14.7 Å². The normalized spacial score (nSPS) is 28.4. The average molecular weight is 276 g/mol. The Morgan fingerprint density at radius 1 is 1.45 bits per heavy atom. The van der Waals surface area contributed by atoms with Crippen LogP contribution in [-0.4, -0.2) is 43.9 Å². The third-order valence-electron chi connectivity index (χ3n) is 3.90. The lowest BCUT2D eigenvalue weighted by Gasteiger charge is -2.33. The van der Waals surface area contributed by atoms with E-state index in [0.717, 1.165) is 11.4 Å². The molecule has 0 spiro atoms. The third kappa shape index (κ3) is 2.09. The summed E-state index contributed by atoms with van der Waals surface area (Å²) in [6.07, 6.45) is 5.88. The molecule has 1 amide bonds. The van der Waals surface area contributed by atoms with Crippen LogP contribution in [-0.2, 0) is 22.6 Å². The van der Waals surface area contributed by atoms with Crippen molar-refractivity contribution in [2.75, 3.05) is 0 Å². The Morgan fingerprint density at radius 3 is 2.90 bits per heavy atom. The number of hydrogen-bond donors (Lipinski definition) is 3. The molecule has 2 aliphatic rings. The van der Waals surface area contributed by atoms with Gasteiger partial charge in [-0.05, 0) is 6.42 Å². The summed E-state index contributed by atoms with van der Waals surface area (Å²) < 4.78 is 0. The molecule has 2 heterocycles. The molecule has 0 saturated carbocycles. The molecule has 106 valence electrons. The van der Waals surface area contributed by atoms with Gasteiger partial charge in [0.05, 0.1) is 30.2 Å². The number of rotatable bonds is 2. The van der Waals surface area contributed by atoms with Gasteiger partial charge in [-0.15, -0.1) is 0 Å². The SMILES string of the molecule is NC1C=CC(C(=O)N2Cc3[nH]cnc3CC2C(=O)O)C1. The number of carboxylic acid groups (broad SMARTS) is 1. The molecule has 0 fully saturated rings. The van der Waals surface area contributed by atoms with Crippen LogP contribution in [0.5, 0.6) is 0 Å². The number of nitrogens with two attached hydrogens (primary N) is 1. The van der Waals surface area contributed by atoms with Crippen LogP contribution in [0.4, 0.5) is 0 Å². The fraction of sp³-hybridized carbons (Fsp3) is 0.462. The van der Waals surface area contributed by atoms with Crippen LogP contribution in [0.2, 0.25) is 0 Å². The van der Waals surface area contributed by atoms with Gasteiger partial charge in [-0.2, -0.15) is 0 Å². The molecule has 1 aliphatic carbocycles. The minimum atomic E-state index is -1.00. The number of carbonyl (C=O) groups is 2. The van der Waals surface area contributed by atoms with Crippen LogP contribution in [0.15, 0.2) is 18.5 Å². The number of hydrogen-bond acceptors (Lipinski definition) is 4. The molecule has 0 aromatic carbocycles. The lowest BCUT2D eigenvalue weighted by Crippen LogP contribution is -2.50. The number of carboxylic acids is 1. The smallest absolute Gasteiger partial charge is 0.326 e. The summed E-state index contributed by atoms with van der Waals surface area (Å²) in [6.45, 7) is 0.255. The zero-order chi connectivity index (χ0) is 14.3. The first-order chi connectivity index (χ1) is 9.56. The molecule has 20 heavy (non-hydrogen) atoms. The Balaban J connectivity index is 1.85. The molecule has 7 nitrogen and oxygen atoms in total. The van der Waals surface area contributed by atoms with E-state index < -0.39 is 12.0 Å². The van der Waals surface area contributed by atoms with E-state index >= 15 is 0 Å². The minimum Gasteiger partial charge on any atom is -0.480 e. The highest BCUT2D eigenvalue weighted by Crippen LogP contribution is 2.26. The van der Waals surface area contributed by atoms with Crippen molar-refractivity contribution in [2.45, 2.75) is 31.5 Å². The molecule has 7 heteroatoms. The Hall–Kier alpha value is -2.15. The molecule has 3 rings (SSSR count). The highest BCUT2D eigenvalue weighted by Gasteiger charge is 2.38. The van der Waals surface area contributed by atoms with Crippen LogP contribution < -0.4 is 5.73 Å². The summed E-state index contributed by atoms with van der Waals surface area (Å²) in [5.74, 6) is -1.50.